The van der Waals surface area contributed by atoms with Gasteiger partial charge >= 0.3 is 0 Å². The van der Waals surface area contributed by atoms with E-state index < -0.39 is 10.0 Å². The van der Waals surface area contributed by atoms with Gasteiger partial charge in [0.25, 0.3) is 10.0 Å². The standard InChI is InChI=1S/C21H26N2O4S2/c1-27-19-10-6-16(7-11-19)14-23(18-8-9-18)21(24)17-4-2-12-22(15-17)29(25,26)20-5-3-13-28-20/h3,5-7,10-11,13,17-18H,2,4,8-9,12,14-15H2,1H3. The molecule has 0 bridgehead atoms. The van der Waals surface area contributed by atoms with E-state index in [9.17, 15) is 13.2 Å². The van der Waals surface area contributed by atoms with Crippen LogP contribution in [0.25, 0.3) is 0 Å². The summed E-state index contributed by atoms with van der Waals surface area (Å²) in [5, 5.41) is 1.77. The van der Waals surface area contributed by atoms with Gasteiger partial charge in [-0.05, 0) is 54.8 Å². The highest BCUT2D eigenvalue weighted by Crippen LogP contribution is 2.33. The van der Waals surface area contributed by atoms with Crippen molar-refractivity contribution in [1.82, 2.24) is 9.21 Å². The molecule has 1 atom stereocenters. The lowest BCUT2D eigenvalue weighted by molar-refractivity contribution is -0.138. The lowest BCUT2D eigenvalue weighted by Crippen LogP contribution is -2.47. The number of piperidine rings is 1. The van der Waals surface area contributed by atoms with E-state index in [1.165, 1.54) is 15.6 Å². The number of methoxy groups -OCH3 is 1. The van der Waals surface area contributed by atoms with Crippen LogP contribution in [0.3, 0.4) is 0 Å². The van der Waals surface area contributed by atoms with Gasteiger partial charge in [0.2, 0.25) is 5.91 Å². The number of carbonyl (C=O) groups is 1. The van der Waals surface area contributed by atoms with Crippen molar-refractivity contribution in [2.24, 2.45) is 5.92 Å². The zero-order valence-electron chi connectivity index (χ0n) is 16.5. The van der Waals surface area contributed by atoms with Crippen LogP contribution in [0.2, 0.25) is 0 Å². The second kappa shape index (κ2) is 8.45. The zero-order valence-corrected chi connectivity index (χ0v) is 18.1. The molecule has 1 amide bonds. The van der Waals surface area contributed by atoms with Crippen LogP contribution in [0.5, 0.6) is 5.75 Å². The lowest BCUT2D eigenvalue weighted by Gasteiger charge is -2.34. The van der Waals surface area contributed by atoms with Gasteiger partial charge in [0.05, 0.1) is 13.0 Å². The number of ether oxygens (including phenoxy) is 1. The molecule has 2 fully saturated rings. The molecular formula is C21H26N2O4S2. The predicted octanol–water partition coefficient (Wildman–Crippen LogP) is 3.35. The third-order valence-electron chi connectivity index (χ3n) is 5.61. The van der Waals surface area contributed by atoms with Gasteiger partial charge in [0, 0.05) is 25.7 Å². The summed E-state index contributed by atoms with van der Waals surface area (Å²) in [6.07, 6.45) is 3.49. The number of carbonyl (C=O) groups excluding carboxylic acids is 1. The summed E-state index contributed by atoms with van der Waals surface area (Å²) in [7, 11) is -1.88. The summed E-state index contributed by atoms with van der Waals surface area (Å²) >= 11 is 1.22. The fourth-order valence-corrected chi connectivity index (χ4v) is 6.50. The van der Waals surface area contributed by atoms with Gasteiger partial charge in [-0.1, -0.05) is 18.2 Å². The smallest absolute Gasteiger partial charge is 0.252 e. The Morgan fingerprint density at radius 2 is 1.97 bits per heavy atom. The molecule has 29 heavy (non-hydrogen) atoms. The maximum absolute atomic E-state index is 13.3. The van der Waals surface area contributed by atoms with Crippen LogP contribution in [0.15, 0.2) is 46.0 Å². The fraction of sp³-hybridized carbons (Fsp3) is 0.476. The summed E-state index contributed by atoms with van der Waals surface area (Å²) in [6, 6.07) is 11.4. The molecule has 1 saturated heterocycles. The number of thiophene rings is 1. The molecule has 1 aliphatic heterocycles. The highest BCUT2D eigenvalue weighted by atomic mass is 32.2. The maximum Gasteiger partial charge on any atom is 0.252 e. The topological polar surface area (TPSA) is 66.9 Å². The van der Waals surface area contributed by atoms with Gasteiger partial charge in [-0.3, -0.25) is 4.79 Å². The van der Waals surface area contributed by atoms with Gasteiger partial charge in [-0.25, -0.2) is 8.42 Å². The van der Waals surface area contributed by atoms with Crippen molar-refractivity contribution in [3.05, 3.63) is 47.3 Å². The summed E-state index contributed by atoms with van der Waals surface area (Å²) in [5.41, 5.74) is 1.06. The van der Waals surface area contributed by atoms with Crippen molar-refractivity contribution in [2.75, 3.05) is 20.2 Å². The van der Waals surface area contributed by atoms with E-state index in [4.69, 9.17) is 4.74 Å². The number of sulfonamides is 1. The zero-order chi connectivity index (χ0) is 20.4. The molecule has 1 aromatic heterocycles. The molecule has 6 nitrogen and oxygen atoms in total. The molecule has 2 heterocycles. The molecule has 0 N–H and O–H groups in total. The minimum absolute atomic E-state index is 0.0781. The van der Waals surface area contributed by atoms with Crippen LogP contribution >= 0.6 is 11.3 Å². The van der Waals surface area contributed by atoms with Gasteiger partial charge in [0.1, 0.15) is 9.96 Å². The number of hydrogen-bond donors (Lipinski definition) is 0. The Bertz CT molecular complexity index is 938. The SMILES string of the molecule is COc1ccc(CN(C(=O)C2CCCN(S(=O)(=O)c3cccs3)C2)C2CC2)cc1. The highest BCUT2D eigenvalue weighted by Gasteiger charge is 2.39. The Labute approximate surface area is 176 Å². The predicted molar refractivity (Wildman–Crippen MR) is 112 cm³/mol. The molecule has 4 rings (SSSR count). The lowest BCUT2D eigenvalue weighted by atomic mass is 9.97. The van der Waals surface area contributed by atoms with E-state index in [2.05, 4.69) is 0 Å². The van der Waals surface area contributed by atoms with E-state index in [-0.39, 0.29) is 24.4 Å². The summed E-state index contributed by atoms with van der Waals surface area (Å²) in [4.78, 5) is 15.3. The molecule has 2 aromatic rings. The number of rotatable bonds is 7. The Kier molecular flexibility index (Phi) is 5.94. The van der Waals surface area contributed by atoms with Crippen LogP contribution in [0.4, 0.5) is 0 Å². The third kappa shape index (κ3) is 4.49. The van der Waals surface area contributed by atoms with E-state index in [1.54, 1.807) is 24.6 Å². The molecular weight excluding hydrogens is 408 g/mol. The number of nitrogens with zero attached hydrogens (tertiary/aromatic N) is 2. The van der Waals surface area contributed by atoms with Gasteiger partial charge in [0.15, 0.2) is 0 Å². The normalized spacial score (nSPS) is 20.4. The molecule has 2 aliphatic rings. The van der Waals surface area contributed by atoms with Gasteiger partial charge in [-0.2, -0.15) is 4.31 Å². The minimum atomic E-state index is -3.51. The van der Waals surface area contributed by atoms with E-state index in [1.807, 2.05) is 29.2 Å². The van der Waals surface area contributed by atoms with Crippen molar-refractivity contribution < 1.29 is 17.9 Å². The van der Waals surface area contributed by atoms with E-state index in [0.29, 0.717) is 23.7 Å². The first-order chi connectivity index (χ1) is 14.0. The molecule has 1 aliphatic carbocycles. The largest absolute Gasteiger partial charge is 0.497 e. The number of benzene rings is 1. The first-order valence-corrected chi connectivity index (χ1v) is 12.3. The number of amides is 1. The highest BCUT2D eigenvalue weighted by molar-refractivity contribution is 7.91. The van der Waals surface area contributed by atoms with Crippen molar-refractivity contribution in [1.29, 1.82) is 0 Å². The minimum Gasteiger partial charge on any atom is -0.497 e. The second-order valence-corrected chi connectivity index (χ2v) is 10.8. The van der Waals surface area contributed by atoms with Crippen molar-refractivity contribution in [3.8, 4) is 5.75 Å². The maximum atomic E-state index is 13.3. The Morgan fingerprint density at radius 3 is 2.59 bits per heavy atom. The monoisotopic (exact) mass is 434 g/mol. The van der Waals surface area contributed by atoms with Gasteiger partial charge in [-0.15, -0.1) is 11.3 Å². The summed E-state index contributed by atoms with van der Waals surface area (Å²) in [5.74, 6) is 0.589. The van der Waals surface area contributed by atoms with Crippen molar-refractivity contribution in [2.45, 2.75) is 42.5 Å². The van der Waals surface area contributed by atoms with Crippen molar-refractivity contribution >= 4 is 27.3 Å². The Balaban J connectivity index is 1.47. The number of hydrogen-bond acceptors (Lipinski definition) is 5. The van der Waals surface area contributed by atoms with Gasteiger partial charge < -0.3 is 9.64 Å². The molecule has 1 aromatic carbocycles. The average Bonchev–Trinajstić information content (AvgIpc) is 3.43. The quantitative estimate of drug-likeness (QED) is 0.670. The summed E-state index contributed by atoms with van der Waals surface area (Å²) < 4.78 is 32.8. The fourth-order valence-electron chi connectivity index (χ4n) is 3.84. The van der Waals surface area contributed by atoms with Crippen LogP contribution in [-0.2, 0) is 21.4 Å². The Hall–Kier alpha value is -1.90. The van der Waals surface area contributed by atoms with Crippen LogP contribution in [0, 0.1) is 5.92 Å². The molecule has 156 valence electrons. The molecule has 0 spiro atoms. The van der Waals surface area contributed by atoms with Crippen LogP contribution in [-0.4, -0.2) is 49.8 Å². The Morgan fingerprint density at radius 1 is 1.21 bits per heavy atom. The van der Waals surface area contributed by atoms with Crippen molar-refractivity contribution in [3.63, 3.8) is 0 Å². The van der Waals surface area contributed by atoms with E-state index >= 15 is 0 Å². The third-order valence-corrected chi connectivity index (χ3v) is 8.84. The second-order valence-electron chi connectivity index (χ2n) is 7.68. The average molecular weight is 435 g/mol. The van der Waals surface area contributed by atoms with Crippen LogP contribution in [0.1, 0.15) is 31.2 Å². The first-order valence-electron chi connectivity index (χ1n) is 9.96. The molecule has 1 saturated carbocycles. The molecule has 1 unspecified atom stereocenters. The molecule has 8 heteroatoms. The van der Waals surface area contributed by atoms with Crippen LogP contribution < -0.4 is 4.74 Å². The first kappa shape index (κ1) is 20.4. The van der Waals surface area contributed by atoms with E-state index in [0.717, 1.165) is 30.6 Å². The molecule has 0 radical (unpaired) electrons. The summed E-state index contributed by atoms with van der Waals surface area (Å²) in [6.45, 7) is 1.30.